The first-order valence-corrected chi connectivity index (χ1v) is 8.89. The molecule has 0 aliphatic carbocycles. The number of rotatable bonds is 1. The Morgan fingerprint density at radius 3 is 2.22 bits per heavy atom. The maximum absolute atomic E-state index is 9.12. The van der Waals surface area contributed by atoms with Crippen molar-refractivity contribution < 1.29 is 24.7 Å². The van der Waals surface area contributed by atoms with Crippen molar-refractivity contribution in [3.8, 4) is 0 Å². The SMILES string of the molecule is [2H]c1c([2H])c([2H])c2c(c1[2H])c(B1OC(C)(C)C(C)(C)O1)c([2H])c1c2oc2c([2H])c(Cl)c([2H])c([2H])c21. The standard InChI is InChI=1S/C22H20BClO3/c1-21(2)22(3,4)27-23(26-21)18-12-17-15-10-9-13(24)11-19(15)25-20(17)16-8-6-5-7-14(16)18/h5-12H,1-4H3/i5D,6D,7D,8D,9D,10D,11D,12D. The molecule has 136 valence electrons. The molecule has 27 heavy (non-hydrogen) atoms. The lowest BCUT2D eigenvalue weighted by molar-refractivity contribution is 0.00578. The number of hydrogen-bond donors (Lipinski definition) is 0. The molecule has 1 fully saturated rings. The van der Waals surface area contributed by atoms with Gasteiger partial charge in [0.25, 0.3) is 0 Å². The molecule has 0 unspecified atom stereocenters. The molecule has 0 N–H and O–H groups in total. The summed E-state index contributed by atoms with van der Waals surface area (Å²) in [5.74, 6) is 0. The Labute approximate surface area is 174 Å². The molecule has 0 bridgehead atoms. The van der Waals surface area contributed by atoms with Gasteiger partial charge in [-0.3, -0.25) is 0 Å². The Morgan fingerprint density at radius 1 is 0.852 bits per heavy atom. The third-order valence-electron chi connectivity index (χ3n) is 5.36. The number of fused-ring (bicyclic) bond motifs is 5. The molecule has 0 saturated carbocycles. The minimum Gasteiger partial charge on any atom is -0.455 e. The monoisotopic (exact) mass is 386 g/mol. The van der Waals surface area contributed by atoms with Crippen LogP contribution in [0, 0.1) is 0 Å². The number of benzene rings is 3. The van der Waals surface area contributed by atoms with Crippen LogP contribution < -0.4 is 5.46 Å². The van der Waals surface area contributed by atoms with Crippen molar-refractivity contribution in [2.45, 2.75) is 38.9 Å². The van der Waals surface area contributed by atoms with E-state index in [0.29, 0.717) is 0 Å². The second kappa shape index (κ2) is 5.51. The Kier molecular flexibility index (Phi) is 2.15. The highest BCUT2D eigenvalue weighted by molar-refractivity contribution is 6.66. The molecule has 3 aromatic carbocycles. The van der Waals surface area contributed by atoms with E-state index >= 15 is 0 Å². The van der Waals surface area contributed by atoms with Crippen molar-refractivity contribution in [3.63, 3.8) is 0 Å². The first-order chi connectivity index (χ1) is 16.1. The van der Waals surface area contributed by atoms with Gasteiger partial charge in [0.05, 0.1) is 22.2 Å². The molecule has 0 amide bonds. The summed E-state index contributed by atoms with van der Waals surface area (Å²) in [4.78, 5) is 0. The topological polar surface area (TPSA) is 31.6 Å². The fourth-order valence-corrected chi connectivity index (χ4v) is 3.33. The van der Waals surface area contributed by atoms with Crippen LogP contribution in [0.5, 0.6) is 0 Å². The fourth-order valence-electron chi connectivity index (χ4n) is 3.20. The highest BCUT2D eigenvalue weighted by Crippen LogP contribution is 2.39. The van der Waals surface area contributed by atoms with Crippen molar-refractivity contribution in [2.24, 2.45) is 0 Å². The Hall–Kier alpha value is -2.01. The van der Waals surface area contributed by atoms with E-state index in [-0.39, 0.29) is 61.3 Å². The third kappa shape index (κ3) is 2.44. The summed E-state index contributed by atoms with van der Waals surface area (Å²) in [6.45, 7) is 7.29. The summed E-state index contributed by atoms with van der Waals surface area (Å²) in [6, 6.07) is -3.12. The molecule has 0 spiro atoms. The van der Waals surface area contributed by atoms with Crippen molar-refractivity contribution >= 4 is 56.9 Å². The molecule has 5 heteroatoms. The molecule has 1 saturated heterocycles. The van der Waals surface area contributed by atoms with Crippen molar-refractivity contribution in [2.75, 3.05) is 0 Å². The lowest BCUT2D eigenvalue weighted by Crippen LogP contribution is -2.41. The fraction of sp³-hybridized carbons (Fsp3) is 0.273. The van der Waals surface area contributed by atoms with Gasteiger partial charge in [-0.25, -0.2) is 0 Å². The Balaban J connectivity index is 2.08. The lowest BCUT2D eigenvalue weighted by Gasteiger charge is -2.32. The van der Waals surface area contributed by atoms with Crippen LogP contribution >= 0.6 is 11.6 Å². The van der Waals surface area contributed by atoms with Crippen LogP contribution in [0.15, 0.2) is 52.8 Å². The highest BCUT2D eigenvalue weighted by atomic mass is 35.5. The summed E-state index contributed by atoms with van der Waals surface area (Å²) < 4.78 is 86.1. The minimum atomic E-state index is -1.16. The van der Waals surface area contributed by atoms with E-state index in [1.54, 1.807) is 0 Å². The van der Waals surface area contributed by atoms with Crippen LogP contribution in [0.1, 0.15) is 38.7 Å². The lowest BCUT2D eigenvalue weighted by atomic mass is 9.75. The van der Waals surface area contributed by atoms with E-state index in [1.807, 2.05) is 27.7 Å². The van der Waals surface area contributed by atoms with Gasteiger partial charge in [-0.15, -0.1) is 0 Å². The predicted octanol–water partition coefficient (Wildman–Crippen LogP) is 5.69. The largest absolute Gasteiger partial charge is 0.495 e. The number of halogens is 1. The highest BCUT2D eigenvalue weighted by Gasteiger charge is 2.52. The van der Waals surface area contributed by atoms with Crippen LogP contribution in [0.2, 0.25) is 5.02 Å². The average molecular weight is 387 g/mol. The molecule has 1 aliphatic rings. The zero-order valence-corrected chi connectivity index (χ0v) is 15.9. The summed E-state index contributed by atoms with van der Waals surface area (Å²) in [7, 11) is -1.16. The van der Waals surface area contributed by atoms with Gasteiger partial charge in [0, 0.05) is 27.2 Å². The molecule has 1 aromatic heterocycles. The van der Waals surface area contributed by atoms with Gasteiger partial charge in [-0.2, -0.15) is 0 Å². The van der Waals surface area contributed by atoms with Crippen LogP contribution in [-0.2, 0) is 9.31 Å². The molecule has 2 heterocycles. The summed E-state index contributed by atoms with van der Waals surface area (Å²) in [5, 5.41) is -0.279. The van der Waals surface area contributed by atoms with Crippen molar-refractivity contribution in [1.82, 2.24) is 0 Å². The molecule has 0 radical (unpaired) electrons. The Bertz CT molecular complexity index is 1600. The van der Waals surface area contributed by atoms with E-state index in [4.69, 9.17) is 36.3 Å². The van der Waals surface area contributed by atoms with Gasteiger partial charge in [-0.05, 0) is 50.6 Å². The molecular weight excluding hydrogens is 359 g/mol. The van der Waals surface area contributed by atoms with Crippen LogP contribution in [0.4, 0.5) is 0 Å². The van der Waals surface area contributed by atoms with Gasteiger partial charge in [0.1, 0.15) is 11.2 Å². The molecule has 4 aromatic rings. The van der Waals surface area contributed by atoms with E-state index in [1.165, 1.54) is 0 Å². The van der Waals surface area contributed by atoms with Gasteiger partial charge < -0.3 is 13.7 Å². The first kappa shape index (κ1) is 10.5. The summed E-state index contributed by atoms with van der Waals surface area (Å²) in [6.07, 6.45) is 0. The van der Waals surface area contributed by atoms with Gasteiger partial charge in [-0.1, -0.05) is 41.8 Å². The second-order valence-electron chi connectivity index (χ2n) is 7.58. The van der Waals surface area contributed by atoms with Crippen LogP contribution in [-0.4, -0.2) is 18.3 Å². The molecule has 0 atom stereocenters. The van der Waals surface area contributed by atoms with E-state index in [9.17, 15) is 0 Å². The third-order valence-corrected chi connectivity index (χ3v) is 5.55. The van der Waals surface area contributed by atoms with E-state index < -0.39 is 48.5 Å². The predicted molar refractivity (Wildman–Crippen MR) is 112 cm³/mol. The van der Waals surface area contributed by atoms with Crippen molar-refractivity contribution in [1.29, 1.82) is 0 Å². The number of hydrogen-bond acceptors (Lipinski definition) is 3. The maximum atomic E-state index is 9.12. The van der Waals surface area contributed by atoms with Crippen LogP contribution in [0.25, 0.3) is 32.7 Å². The minimum absolute atomic E-state index is 0.00121. The molecule has 1 aliphatic heterocycles. The van der Waals surface area contributed by atoms with Gasteiger partial charge >= 0.3 is 7.12 Å². The summed E-state index contributed by atoms with van der Waals surface area (Å²) >= 11 is 6.08. The molecule has 5 rings (SSSR count). The molecule has 3 nitrogen and oxygen atoms in total. The van der Waals surface area contributed by atoms with E-state index in [0.717, 1.165) is 0 Å². The maximum Gasteiger partial charge on any atom is 0.495 e. The quantitative estimate of drug-likeness (QED) is 0.394. The van der Waals surface area contributed by atoms with Gasteiger partial charge in [0.15, 0.2) is 0 Å². The average Bonchev–Trinajstić information content (AvgIpc) is 3.27. The van der Waals surface area contributed by atoms with Gasteiger partial charge in [0.2, 0.25) is 0 Å². The zero-order valence-electron chi connectivity index (χ0n) is 23.2. The zero-order chi connectivity index (χ0) is 25.9. The normalized spacial score (nSPS) is 22.9. The second-order valence-corrected chi connectivity index (χ2v) is 7.95. The Morgan fingerprint density at radius 2 is 1.52 bits per heavy atom. The van der Waals surface area contributed by atoms with E-state index in [2.05, 4.69) is 0 Å². The smallest absolute Gasteiger partial charge is 0.455 e. The molecular formula is C22H20BClO3. The first-order valence-electron chi connectivity index (χ1n) is 12.5. The number of furan rings is 1. The van der Waals surface area contributed by atoms with Crippen LogP contribution in [0.3, 0.4) is 0 Å². The van der Waals surface area contributed by atoms with Crippen molar-refractivity contribution in [3.05, 3.63) is 53.4 Å². The summed E-state index contributed by atoms with van der Waals surface area (Å²) in [5.41, 5.74) is -1.76.